The molecule has 3 aromatic rings. The molecule has 1 atom stereocenters. The van der Waals surface area contributed by atoms with Gasteiger partial charge >= 0.3 is 0 Å². The van der Waals surface area contributed by atoms with Gasteiger partial charge in [-0.05, 0) is 53.2 Å². The third kappa shape index (κ3) is 3.46. The van der Waals surface area contributed by atoms with E-state index in [1.165, 1.54) is 24.1 Å². The number of hydrogen-bond acceptors (Lipinski definition) is 3. The van der Waals surface area contributed by atoms with Crippen LogP contribution in [0.3, 0.4) is 0 Å². The number of halogens is 4. The van der Waals surface area contributed by atoms with Crippen LogP contribution < -0.4 is 5.56 Å². The van der Waals surface area contributed by atoms with E-state index in [0.29, 0.717) is 0 Å². The number of fused-ring (bicyclic) bond motifs is 1. The number of aromatic amines is 1. The second-order valence-corrected chi connectivity index (χ2v) is 6.83. The van der Waals surface area contributed by atoms with Gasteiger partial charge in [0.15, 0.2) is 11.6 Å². The molecule has 0 saturated heterocycles. The summed E-state index contributed by atoms with van der Waals surface area (Å²) in [5.41, 5.74) is -0.392. The molecule has 27 heavy (non-hydrogen) atoms. The number of amides is 1. The number of carbonyl (C=O) groups is 1. The fourth-order valence-corrected chi connectivity index (χ4v) is 2.94. The first-order valence-electron chi connectivity index (χ1n) is 7.80. The molecule has 0 saturated carbocycles. The fourth-order valence-electron chi connectivity index (χ4n) is 2.69. The molecule has 1 heterocycles. The molecule has 0 aliphatic rings. The second kappa shape index (κ2) is 7.15. The number of rotatable bonds is 3. The van der Waals surface area contributed by atoms with Crippen LogP contribution >= 0.6 is 15.9 Å². The molecule has 3 rings (SSSR count). The van der Waals surface area contributed by atoms with Crippen LogP contribution in [0.5, 0.6) is 0 Å². The maximum atomic E-state index is 13.7. The average Bonchev–Trinajstić information content (AvgIpc) is 2.64. The van der Waals surface area contributed by atoms with Crippen molar-refractivity contribution in [1.82, 2.24) is 15.1 Å². The predicted octanol–water partition coefficient (Wildman–Crippen LogP) is 3.94. The van der Waals surface area contributed by atoms with E-state index in [-0.39, 0.29) is 26.5 Å². The van der Waals surface area contributed by atoms with Crippen molar-refractivity contribution >= 4 is 32.6 Å². The van der Waals surface area contributed by atoms with Crippen LogP contribution in [0.25, 0.3) is 10.8 Å². The third-order valence-electron chi connectivity index (χ3n) is 4.32. The summed E-state index contributed by atoms with van der Waals surface area (Å²) in [7, 11) is 1.46. The van der Waals surface area contributed by atoms with Crippen molar-refractivity contribution in [2.24, 2.45) is 0 Å². The highest BCUT2D eigenvalue weighted by Gasteiger charge is 2.24. The summed E-state index contributed by atoms with van der Waals surface area (Å²) in [6, 6.07) is 4.89. The molecule has 0 fully saturated rings. The minimum absolute atomic E-state index is 0.0821. The minimum Gasteiger partial charge on any atom is -0.333 e. The lowest BCUT2D eigenvalue weighted by Crippen LogP contribution is -2.31. The van der Waals surface area contributed by atoms with Crippen LogP contribution in [0.2, 0.25) is 0 Å². The SMILES string of the molecule is C[C@H](c1n[nH]c(=O)c2cc(F)c(F)cc12)N(C)C(=O)c1ccc(Br)c(F)c1. The van der Waals surface area contributed by atoms with Crippen LogP contribution in [0.1, 0.15) is 29.0 Å². The predicted molar refractivity (Wildman–Crippen MR) is 96.9 cm³/mol. The van der Waals surface area contributed by atoms with Gasteiger partial charge in [0, 0.05) is 18.0 Å². The third-order valence-corrected chi connectivity index (χ3v) is 4.97. The summed E-state index contributed by atoms with van der Waals surface area (Å²) in [6.45, 7) is 1.61. The first-order valence-corrected chi connectivity index (χ1v) is 8.59. The van der Waals surface area contributed by atoms with Crippen LogP contribution in [0.15, 0.2) is 39.6 Å². The highest BCUT2D eigenvalue weighted by atomic mass is 79.9. The van der Waals surface area contributed by atoms with Gasteiger partial charge < -0.3 is 4.90 Å². The van der Waals surface area contributed by atoms with Gasteiger partial charge in [-0.25, -0.2) is 18.3 Å². The molecule has 0 unspecified atom stereocenters. The van der Waals surface area contributed by atoms with E-state index in [1.54, 1.807) is 6.92 Å². The Bertz CT molecular complexity index is 1120. The molecule has 0 aliphatic heterocycles. The van der Waals surface area contributed by atoms with Gasteiger partial charge in [-0.1, -0.05) is 0 Å². The smallest absolute Gasteiger partial charge is 0.272 e. The monoisotopic (exact) mass is 439 g/mol. The molecule has 140 valence electrons. The molecule has 1 amide bonds. The number of carbonyl (C=O) groups excluding carboxylic acids is 1. The first-order chi connectivity index (χ1) is 12.7. The maximum absolute atomic E-state index is 13.7. The zero-order chi connectivity index (χ0) is 19.9. The first kappa shape index (κ1) is 19.1. The van der Waals surface area contributed by atoms with Crippen molar-refractivity contribution < 1.29 is 18.0 Å². The topological polar surface area (TPSA) is 66.1 Å². The Kier molecular flexibility index (Phi) is 5.05. The van der Waals surface area contributed by atoms with E-state index in [2.05, 4.69) is 26.1 Å². The summed E-state index contributed by atoms with van der Waals surface area (Å²) in [5.74, 6) is -3.38. The Balaban J connectivity index is 2.04. The number of nitrogens with one attached hydrogen (secondary N) is 1. The summed E-state index contributed by atoms with van der Waals surface area (Å²) in [6.07, 6.45) is 0. The summed E-state index contributed by atoms with van der Waals surface area (Å²) in [4.78, 5) is 25.8. The highest BCUT2D eigenvalue weighted by Crippen LogP contribution is 2.27. The summed E-state index contributed by atoms with van der Waals surface area (Å²) < 4.78 is 41.1. The van der Waals surface area contributed by atoms with Crippen molar-refractivity contribution in [2.75, 3.05) is 7.05 Å². The van der Waals surface area contributed by atoms with Crippen LogP contribution in [-0.4, -0.2) is 28.1 Å². The molecular formula is C18H13BrF3N3O2. The lowest BCUT2D eigenvalue weighted by molar-refractivity contribution is 0.0739. The Morgan fingerprint density at radius 2 is 1.74 bits per heavy atom. The van der Waals surface area contributed by atoms with Crippen LogP contribution in [0, 0.1) is 17.5 Å². The van der Waals surface area contributed by atoms with Crippen molar-refractivity contribution in [2.45, 2.75) is 13.0 Å². The number of aromatic nitrogens is 2. The van der Waals surface area contributed by atoms with Crippen molar-refractivity contribution in [3.63, 3.8) is 0 Å². The largest absolute Gasteiger partial charge is 0.333 e. The Morgan fingerprint density at radius 3 is 2.37 bits per heavy atom. The summed E-state index contributed by atoms with van der Waals surface area (Å²) in [5, 5.41) is 6.13. The van der Waals surface area contributed by atoms with E-state index in [9.17, 15) is 22.8 Å². The Hall–Kier alpha value is -2.68. The zero-order valence-corrected chi connectivity index (χ0v) is 15.8. The number of hydrogen-bond donors (Lipinski definition) is 1. The van der Waals surface area contributed by atoms with Crippen molar-refractivity contribution in [3.8, 4) is 0 Å². The van der Waals surface area contributed by atoms with Crippen molar-refractivity contribution in [1.29, 1.82) is 0 Å². The standard InChI is InChI=1S/C18H13BrF3N3O2/c1-8(25(2)18(27)9-3-4-12(19)13(20)5-9)16-10-6-14(21)15(22)7-11(10)17(26)24-23-16/h3-8H,1-2H3,(H,24,26)/t8-/m1/s1. The highest BCUT2D eigenvalue weighted by molar-refractivity contribution is 9.10. The van der Waals surface area contributed by atoms with E-state index >= 15 is 0 Å². The van der Waals surface area contributed by atoms with Gasteiger partial charge in [0.05, 0.1) is 21.6 Å². The van der Waals surface area contributed by atoms with Gasteiger partial charge in [-0.15, -0.1) is 0 Å². The molecule has 1 N–H and O–H groups in total. The fraction of sp³-hybridized carbons (Fsp3) is 0.167. The maximum Gasteiger partial charge on any atom is 0.272 e. The quantitative estimate of drug-likeness (QED) is 0.671. The normalized spacial score (nSPS) is 12.2. The number of benzene rings is 2. The van der Waals surface area contributed by atoms with Gasteiger partial charge in [-0.3, -0.25) is 9.59 Å². The average molecular weight is 440 g/mol. The number of H-pyrrole nitrogens is 1. The molecule has 0 aliphatic carbocycles. The minimum atomic E-state index is -1.16. The van der Waals surface area contributed by atoms with Crippen LogP contribution in [0.4, 0.5) is 13.2 Å². The Labute approximate surface area is 159 Å². The van der Waals surface area contributed by atoms with Gasteiger partial charge in [-0.2, -0.15) is 5.10 Å². The zero-order valence-electron chi connectivity index (χ0n) is 14.2. The van der Waals surface area contributed by atoms with E-state index < -0.39 is 35.0 Å². The van der Waals surface area contributed by atoms with E-state index in [4.69, 9.17) is 0 Å². The summed E-state index contributed by atoms with van der Waals surface area (Å²) >= 11 is 3.02. The number of nitrogens with zero attached hydrogens (tertiary/aromatic N) is 2. The van der Waals surface area contributed by atoms with E-state index in [1.807, 2.05) is 0 Å². The van der Waals surface area contributed by atoms with Gasteiger partial charge in [0.25, 0.3) is 11.5 Å². The van der Waals surface area contributed by atoms with Gasteiger partial charge in [0.2, 0.25) is 0 Å². The Morgan fingerprint density at radius 1 is 1.11 bits per heavy atom. The molecule has 0 radical (unpaired) electrons. The van der Waals surface area contributed by atoms with E-state index in [0.717, 1.165) is 18.2 Å². The molecule has 5 nitrogen and oxygen atoms in total. The lowest BCUT2D eigenvalue weighted by Gasteiger charge is -2.25. The molecule has 1 aromatic heterocycles. The molecular weight excluding hydrogens is 427 g/mol. The molecule has 9 heteroatoms. The van der Waals surface area contributed by atoms with Gasteiger partial charge in [0.1, 0.15) is 5.82 Å². The molecule has 0 bridgehead atoms. The van der Waals surface area contributed by atoms with Crippen molar-refractivity contribution in [3.05, 3.63) is 73.9 Å². The molecule has 2 aromatic carbocycles. The second-order valence-electron chi connectivity index (χ2n) is 5.97. The molecule has 0 spiro atoms. The van der Waals surface area contributed by atoms with Crippen LogP contribution in [-0.2, 0) is 0 Å². The lowest BCUT2D eigenvalue weighted by atomic mass is 10.0.